The lowest BCUT2D eigenvalue weighted by atomic mass is 9.97. The molecule has 150 valence electrons. The number of nitrogens with one attached hydrogen (secondary N) is 1. The van der Waals surface area contributed by atoms with Gasteiger partial charge in [-0.2, -0.15) is 0 Å². The highest BCUT2D eigenvalue weighted by atomic mass is 35.5. The quantitative estimate of drug-likeness (QED) is 0.753. The molecule has 3 rings (SSSR count). The third-order valence-corrected chi connectivity index (χ3v) is 4.64. The Kier molecular flexibility index (Phi) is 8.79. The van der Waals surface area contributed by atoms with Crippen LogP contribution in [0.2, 0.25) is 0 Å². The van der Waals surface area contributed by atoms with Crippen LogP contribution in [-0.4, -0.2) is 44.6 Å². The molecular weight excluding hydrogens is 392 g/mol. The van der Waals surface area contributed by atoms with Gasteiger partial charge >= 0.3 is 6.36 Å². The van der Waals surface area contributed by atoms with Gasteiger partial charge in [0.2, 0.25) is 0 Å². The molecule has 1 N–H and O–H groups in total. The Hall–Kier alpha value is -0.890. The fourth-order valence-corrected chi connectivity index (χ4v) is 3.30. The van der Waals surface area contributed by atoms with Crippen molar-refractivity contribution in [3.8, 4) is 11.5 Å². The van der Waals surface area contributed by atoms with Crippen molar-refractivity contribution in [1.82, 2.24) is 10.2 Å². The zero-order valence-electron chi connectivity index (χ0n) is 14.6. The first-order valence-electron chi connectivity index (χ1n) is 8.35. The normalized spacial score (nSPS) is 19.1. The van der Waals surface area contributed by atoms with Crippen molar-refractivity contribution in [2.24, 2.45) is 5.92 Å². The summed E-state index contributed by atoms with van der Waals surface area (Å²) in [5.41, 5.74) is 0.945. The van der Waals surface area contributed by atoms with E-state index in [-0.39, 0.29) is 36.6 Å². The molecule has 0 amide bonds. The maximum Gasteiger partial charge on any atom is 0.573 e. The van der Waals surface area contributed by atoms with Crippen LogP contribution in [-0.2, 0) is 0 Å². The number of alkyl halides is 3. The molecule has 1 atom stereocenters. The van der Waals surface area contributed by atoms with Gasteiger partial charge in [0.1, 0.15) is 11.5 Å². The van der Waals surface area contributed by atoms with Crippen LogP contribution in [0.1, 0.15) is 30.9 Å². The number of halogens is 5. The highest BCUT2D eigenvalue weighted by molar-refractivity contribution is 5.85. The summed E-state index contributed by atoms with van der Waals surface area (Å²) in [5.74, 6) is 0.926. The molecule has 1 saturated carbocycles. The van der Waals surface area contributed by atoms with Gasteiger partial charge in [-0.15, -0.1) is 38.0 Å². The first-order chi connectivity index (χ1) is 11.5. The average Bonchev–Trinajstić information content (AvgIpc) is 3.36. The number of nitrogens with zero attached hydrogens (tertiary/aromatic N) is 1. The fourth-order valence-electron chi connectivity index (χ4n) is 3.30. The van der Waals surface area contributed by atoms with Gasteiger partial charge in [0, 0.05) is 43.9 Å². The molecule has 1 aromatic carbocycles. The van der Waals surface area contributed by atoms with Crippen LogP contribution in [0.3, 0.4) is 0 Å². The Morgan fingerprint density at radius 1 is 1.19 bits per heavy atom. The molecule has 0 spiro atoms. The summed E-state index contributed by atoms with van der Waals surface area (Å²) in [6.45, 7) is 3.72. The molecule has 4 nitrogen and oxygen atoms in total. The minimum atomic E-state index is -4.70. The number of hydrogen-bond acceptors (Lipinski definition) is 4. The van der Waals surface area contributed by atoms with E-state index in [4.69, 9.17) is 4.74 Å². The van der Waals surface area contributed by atoms with E-state index in [1.807, 2.05) is 0 Å². The third kappa shape index (κ3) is 6.37. The molecule has 0 unspecified atom stereocenters. The number of methoxy groups -OCH3 is 1. The summed E-state index contributed by atoms with van der Waals surface area (Å²) in [6, 6.07) is 4.61. The third-order valence-electron chi connectivity index (χ3n) is 4.64. The second-order valence-electron chi connectivity index (χ2n) is 6.43. The second-order valence-corrected chi connectivity index (χ2v) is 6.43. The van der Waals surface area contributed by atoms with Gasteiger partial charge in [0.25, 0.3) is 0 Å². The Balaban J connectivity index is 0.00000169. The lowest BCUT2D eigenvalue weighted by Gasteiger charge is -2.36. The maximum absolute atomic E-state index is 12.4. The largest absolute Gasteiger partial charge is 0.573 e. The van der Waals surface area contributed by atoms with E-state index in [1.54, 1.807) is 6.07 Å². The van der Waals surface area contributed by atoms with Crippen LogP contribution in [0.25, 0.3) is 0 Å². The number of rotatable bonds is 6. The molecule has 1 saturated heterocycles. The molecular formula is C17H25Cl2F3N2O2. The maximum atomic E-state index is 12.4. The summed E-state index contributed by atoms with van der Waals surface area (Å²) < 4.78 is 46.7. The predicted octanol–water partition coefficient (Wildman–Crippen LogP) is 4.18. The molecule has 0 aromatic heterocycles. The minimum absolute atomic E-state index is 0. The molecule has 26 heavy (non-hydrogen) atoms. The average molecular weight is 417 g/mol. The molecule has 1 heterocycles. The van der Waals surface area contributed by atoms with Crippen molar-refractivity contribution in [3.63, 3.8) is 0 Å². The van der Waals surface area contributed by atoms with E-state index in [1.165, 1.54) is 32.1 Å². The van der Waals surface area contributed by atoms with E-state index < -0.39 is 6.36 Å². The van der Waals surface area contributed by atoms with Crippen molar-refractivity contribution in [1.29, 1.82) is 0 Å². The Labute approximate surface area is 164 Å². The lowest BCUT2D eigenvalue weighted by Crippen LogP contribution is -2.45. The smallest absolute Gasteiger partial charge is 0.496 e. The van der Waals surface area contributed by atoms with Crippen LogP contribution >= 0.6 is 24.8 Å². The van der Waals surface area contributed by atoms with Gasteiger partial charge in [-0.3, -0.25) is 4.90 Å². The topological polar surface area (TPSA) is 33.7 Å². The Bertz CT molecular complexity index is 565. The van der Waals surface area contributed by atoms with Gasteiger partial charge in [0.05, 0.1) is 7.11 Å². The highest BCUT2D eigenvalue weighted by Gasteiger charge is 2.34. The molecule has 1 aliphatic heterocycles. The zero-order valence-corrected chi connectivity index (χ0v) is 16.2. The monoisotopic (exact) mass is 416 g/mol. The SMILES string of the molecule is COc1cc(OC(F)(F)F)ccc1[C@@H](CC1CC1)N1CCNCC1.Cl.Cl. The Morgan fingerprint density at radius 2 is 1.85 bits per heavy atom. The molecule has 1 aliphatic carbocycles. The highest BCUT2D eigenvalue weighted by Crippen LogP contribution is 2.43. The first kappa shape index (κ1) is 23.1. The van der Waals surface area contributed by atoms with Crippen LogP contribution in [0.15, 0.2) is 18.2 Å². The second kappa shape index (κ2) is 9.88. The molecule has 1 aromatic rings. The van der Waals surface area contributed by atoms with Gasteiger partial charge in [-0.05, 0) is 18.4 Å². The summed E-state index contributed by atoms with van der Waals surface area (Å²) in [6.07, 6.45) is -1.20. The first-order valence-corrected chi connectivity index (χ1v) is 8.35. The summed E-state index contributed by atoms with van der Waals surface area (Å²) in [5, 5.41) is 3.34. The van der Waals surface area contributed by atoms with Crippen molar-refractivity contribution >= 4 is 24.8 Å². The van der Waals surface area contributed by atoms with Crippen molar-refractivity contribution < 1.29 is 22.6 Å². The van der Waals surface area contributed by atoms with Gasteiger partial charge in [-0.25, -0.2) is 0 Å². The summed E-state index contributed by atoms with van der Waals surface area (Å²) in [7, 11) is 1.49. The Morgan fingerprint density at radius 3 is 2.38 bits per heavy atom. The van der Waals surface area contributed by atoms with E-state index in [2.05, 4.69) is 15.0 Å². The van der Waals surface area contributed by atoms with Gasteiger partial charge in [0.15, 0.2) is 0 Å². The van der Waals surface area contributed by atoms with Gasteiger partial charge < -0.3 is 14.8 Å². The summed E-state index contributed by atoms with van der Waals surface area (Å²) >= 11 is 0. The molecule has 0 bridgehead atoms. The minimum Gasteiger partial charge on any atom is -0.496 e. The number of benzene rings is 1. The van der Waals surface area contributed by atoms with Gasteiger partial charge in [-0.1, -0.05) is 18.9 Å². The van der Waals surface area contributed by atoms with E-state index in [0.29, 0.717) is 11.7 Å². The fraction of sp³-hybridized carbons (Fsp3) is 0.647. The van der Waals surface area contributed by atoms with Crippen LogP contribution < -0.4 is 14.8 Å². The van der Waals surface area contributed by atoms with Crippen molar-refractivity contribution in [3.05, 3.63) is 23.8 Å². The zero-order chi connectivity index (χ0) is 17.2. The van der Waals surface area contributed by atoms with E-state index in [9.17, 15) is 13.2 Å². The summed E-state index contributed by atoms with van der Waals surface area (Å²) in [4.78, 5) is 2.40. The van der Waals surface area contributed by atoms with Crippen molar-refractivity contribution in [2.75, 3.05) is 33.3 Å². The van der Waals surface area contributed by atoms with Crippen molar-refractivity contribution in [2.45, 2.75) is 31.7 Å². The standard InChI is InChI=1S/C17H23F3N2O2.2ClH/c1-23-16-11-13(24-17(18,19)20)4-5-14(16)15(10-12-2-3-12)22-8-6-21-7-9-22;;/h4-5,11-12,15,21H,2-3,6-10H2,1H3;2*1H/t15-;;/m1../s1. The number of hydrogen-bond donors (Lipinski definition) is 1. The van der Waals surface area contributed by atoms with E-state index in [0.717, 1.165) is 38.2 Å². The lowest BCUT2D eigenvalue weighted by molar-refractivity contribution is -0.274. The van der Waals surface area contributed by atoms with Crippen LogP contribution in [0.4, 0.5) is 13.2 Å². The molecule has 2 fully saturated rings. The molecule has 0 radical (unpaired) electrons. The molecule has 2 aliphatic rings. The predicted molar refractivity (Wildman–Crippen MR) is 98.7 cm³/mol. The number of ether oxygens (including phenoxy) is 2. The van der Waals surface area contributed by atoms with E-state index >= 15 is 0 Å². The van der Waals surface area contributed by atoms with Crippen LogP contribution in [0.5, 0.6) is 11.5 Å². The molecule has 9 heteroatoms. The number of piperazine rings is 1. The van der Waals surface area contributed by atoms with Crippen LogP contribution in [0, 0.1) is 5.92 Å².